The molecule has 8 heteroatoms. The van der Waals surface area contributed by atoms with Crippen LogP contribution in [0.5, 0.6) is 0 Å². The van der Waals surface area contributed by atoms with E-state index in [-0.39, 0.29) is 5.76 Å². The first-order chi connectivity index (χ1) is 11.0. The van der Waals surface area contributed by atoms with E-state index < -0.39 is 5.97 Å². The standard InChI is InChI=1S/C15H16N4O3S/c1-8-5-11(22-12(8)13(20)21-4)7-23-15-17-14-16-9(2)6-10(3)19(14)18-15/h5-6H,7H2,1-4H3. The van der Waals surface area contributed by atoms with Gasteiger partial charge in [0.2, 0.25) is 10.9 Å². The van der Waals surface area contributed by atoms with E-state index in [1.807, 2.05) is 32.9 Å². The minimum atomic E-state index is -0.472. The highest BCUT2D eigenvalue weighted by Gasteiger charge is 2.17. The Morgan fingerprint density at radius 3 is 2.83 bits per heavy atom. The van der Waals surface area contributed by atoms with Gasteiger partial charge in [0.25, 0.3) is 5.78 Å². The smallest absolute Gasteiger partial charge is 0.374 e. The zero-order valence-electron chi connectivity index (χ0n) is 13.3. The van der Waals surface area contributed by atoms with E-state index in [0.717, 1.165) is 17.0 Å². The zero-order valence-corrected chi connectivity index (χ0v) is 14.1. The fraction of sp³-hybridized carbons (Fsp3) is 0.333. The Morgan fingerprint density at radius 1 is 1.30 bits per heavy atom. The number of hydrogen-bond donors (Lipinski definition) is 0. The third-order valence-corrected chi connectivity index (χ3v) is 4.14. The van der Waals surface area contributed by atoms with Gasteiger partial charge in [-0.25, -0.2) is 14.3 Å². The summed E-state index contributed by atoms with van der Waals surface area (Å²) in [6.45, 7) is 5.70. The molecule has 3 rings (SSSR count). The summed E-state index contributed by atoms with van der Waals surface area (Å²) in [5, 5.41) is 5.03. The molecular formula is C15H16N4O3S. The van der Waals surface area contributed by atoms with Crippen LogP contribution < -0.4 is 0 Å². The minimum absolute atomic E-state index is 0.235. The Labute approximate surface area is 137 Å². The van der Waals surface area contributed by atoms with E-state index in [4.69, 9.17) is 4.42 Å². The predicted octanol–water partition coefficient (Wildman–Crippen LogP) is 2.72. The fourth-order valence-electron chi connectivity index (χ4n) is 2.26. The molecule has 23 heavy (non-hydrogen) atoms. The van der Waals surface area contributed by atoms with Crippen LogP contribution in [0, 0.1) is 20.8 Å². The van der Waals surface area contributed by atoms with Crippen molar-refractivity contribution in [2.24, 2.45) is 0 Å². The van der Waals surface area contributed by atoms with Crippen LogP contribution in [0.1, 0.15) is 33.3 Å². The fourth-order valence-corrected chi connectivity index (χ4v) is 2.96. The Morgan fingerprint density at radius 2 is 2.09 bits per heavy atom. The first kappa shape index (κ1) is 15.5. The molecule has 0 saturated heterocycles. The van der Waals surface area contributed by atoms with Crippen molar-refractivity contribution in [1.82, 2.24) is 19.6 Å². The van der Waals surface area contributed by atoms with Gasteiger partial charge in [0.15, 0.2) is 0 Å². The maximum absolute atomic E-state index is 11.5. The van der Waals surface area contributed by atoms with Crippen molar-refractivity contribution in [3.05, 3.63) is 40.6 Å². The maximum atomic E-state index is 11.5. The van der Waals surface area contributed by atoms with Crippen molar-refractivity contribution in [2.45, 2.75) is 31.7 Å². The highest BCUT2D eigenvalue weighted by Crippen LogP contribution is 2.24. The quantitative estimate of drug-likeness (QED) is 0.536. The van der Waals surface area contributed by atoms with Gasteiger partial charge in [0.05, 0.1) is 12.9 Å². The first-order valence-electron chi connectivity index (χ1n) is 6.99. The number of carbonyl (C=O) groups excluding carboxylic acids is 1. The van der Waals surface area contributed by atoms with Crippen molar-refractivity contribution < 1.29 is 13.9 Å². The van der Waals surface area contributed by atoms with Gasteiger partial charge >= 0.3 is 5.97 Å². The largest absolute Gasteiger partial charge is 0.463 e. The number of hydrogen-bond acceptors (Lipinski definition) is 7. The van der Waals surface area contributed by atoms with Crippen LogP contribution in [0.3, 0.4) is 0 Å². The van der Waals surface area contributed by atoms with Gasteiger partial charge < -0.3 is 9.15 Å². The second-order valence-electron chi connectivity index (χ2n) is 5.15. The molecule has 120 valence electrons. The number of ether oxygens (including phenoxy) is 1. The van der Waals surface area contributed by atoms with E-state index in [1.54, 1.807) is 4.52 Å². The number of thioether (sulfide) groups is 1. The molecule has 0 aliphatic rings. The molecule has 0 saturated carbocycles. The van der Waals surface area contributed by atoms with Gasteiger partial charge in [-0.05, 0) is 32.9 Å². The van der Waals surface area contributed by atoms with Crippen molar-refractivity contribution in [3.63, 3.8) is 0 Å². The Hall–Kier alpha value is -2.35. The number of fused-ring (bicyclic) bond motifs is 1. The van der Waals surface area contributed by atoms with Crippen LogP contribution in [0.2, 0.25) is 0 Å². The van der Waals surface area contributed by atoms with Crippen LogP contribution in [-0.4, -0.2) is 32.7 Å². The molecule has 0 aromatic carbocycles. The lowest BCUT2D eigenvalue weighted by molar-refractivity contribution is 0.0562. The summed E-state index contributed by atoms with van der Waals surface area (Å²) in [5.74, 6) is 1.54. The van der Waals surface area contributed by atoms with Crippen LogP contribution >= 0.6 is 11.8 Å². The van der Waals surface area contributed by atoms with Crippen molar-refractivity contribution in [2.75, 3.05) is 7.11 Å². The Kier molecular flexibility index (Phi) is 4.08. The summed E-state index contributed by atoms with van der Waals surface area (Å²) < 4.78 is 11.9. The number of carbonyl (C=O) groups is 1. The van der Waals surface area contributed by atoms with Crippen molar-refractivity contribution in [3.8, 4) is 0 Å². The third kappa shape index (κ3) is 3.07. The van der Waals surface area contributed by atoms with Gasteiger partial charge in [-0.1, -0.05) is 11.8 Å². The van der Waals surface area contributed by atoms with Gasteiger partial charge in [0.1, 0.15) is 5.76 Å². The number of nitrogens with zero attached hydrogens (tertiary/aromatic N) is 4. The third-order valence-electron chi connectivity index (χ3n) is 3.28. The first-order valence-corrected chi connectivity index (χ1v) is 7.98. The Balaban J connectivity index is 1.78. The molecule has 0 amide bonds. The number of rotatable bonds is 4. The Bertz CT molecular complexity index is 884. The molecule has 3 heterocycles. The number of aromatic nitrogens is 4. The molecule has 0 radical (unpaired) electrons. The van der Waals surface area contributed by atoms with Gasteiger partial charge in [-0.2, -0.15) is 4.98 Å². The molecule has 0 spiro atoms. The lowest BCUT2D eigenvalue weighted by atomic mass is 10.3. The summed E-state index contributed by atoms with van der Waals surface area (Å²) in [6.07, 6.45) is 0. The summed E-state index contributed by atoms with van der Waals surface area (Å²) in [5.41, 5.74) is 2.64. The van der Waals surface area contributed by atoms with Gasteiger partial charge in [0, 0.05) is 17.0 Å². The van der Waals surface area contributed by atoms with Crippen molar-refractivity contribution in [1.29, 1.82) is 0 Å². The molecule has 0 aliphatic carbocycles. The second-order valence-corrected chi connectivity index (χ2v) is 6.09. The number of furan rings is 1. The molecule has 0 fully saturated rings. The monoisotopic (exact) mass is 332 g/mol. The average molecular weight is 332 g/mol. The van der Waals surface area contributed by atoms with Crippen LogP contribution in [0.15, 0.2) is 21.7 Å². The normalized spacial score (nSPS) is 11.1. The van der Waals surface area contributed by atoms with E-state index in [0.29, 0.717) is 22.4 Å². The highest BCUT2D eigenvalue weighted by atomic mass is 32.2. The number of methoxy groups -OCH3 is 1. The van der Waals surface area contributed by atoms with Crippen LogP contribution in [0.4, 0.5) is 0 Å². The molecule has 0 atom stereocenters. The highest BCUT2D eigenvalue weighted by molar-refractivity contribution is 7.98. The lowest BCUT2D eigenvalue weighted by Gasteiger charge is -1.97. The molecule has 3 aromatic rings. The number of aryl methyl sites for hydroxylation is 3. The van der Waals surface area contributed by atoms with Crippen molar-refractivity contribution >= 4 is 23.5 Å². The predicted molar refractivity (Wildman–Crippen MR) is 84.6 cm³/mol. The van der Waals surface area contributed by atoms with Gasteiger partial charge in [-0.3, -0.25) is 0 Å². The minimum Gasteiger partial charge on any atom is -0.463 e. The molecule has 0 unspecified atom stereocenters. The molecular weight excluding hydrogens is 316 g/mol. The average Bonchev–Trinajstić information content (AvgIpc) is 3.07. The zero-order chi connectivity index (χ0) is 16.6. The molecule has 7 nitrogen and oxygen atoms in total. The van der Waals surface area contributed by atoms with Crippen LogP contribution in [-0.2, 0) is 10.5 Å². The lowest BCUT2D eigenvalue weighted by Crippen LogP contribution is -2.00. The van der Waals surface area contributed by atoms with E-state index in [9.17, 15) is 4.79 Å². The summed E-state index contributed by atoms with van der Waals surface area (Å²) >= 11 is 1.43. The molecule has 0 aliphatic heterocycles. The second kappa shape index (κ2) is 6.04. The van der Waals surface area contributed by atoms with E-state index in [2.05, 4.69) is 19.8 Å². The van der Waals surface area contributed by atoms with E-state index in [1.165, 1.54) is 18.9 Å². The van der Waals surface area contributed by atoms with E-state index >= 15 is 0 Å². The molecule has 3 aromatic heterocycles. The molecule has 0 N–H and O–H groups in total. The molecule has 0 bridgehead atoms. The SMILES string of the molecule is COC(=O)c1oc(CSc2nc3nc(C)cc(C)n3n2)cc1C. The topological polar surface area (TPSA) is 82.5 Å². The summed E-state index contributed by atoms with van der Waals surface area (Å²) in [7, 11) is 1.33. The summed E-state index contributed by atoms with van der Waals surface area (Å²) in [6, 6.07) is 3.78. The van der Waals surface area contributed by atoms with Gasteiger partial charge in [-0.15, -0.1) is 5.10 Å². The maximum Gasteiger partial charge on any atom is 0.374 e. The summed E-state index contributed by atoms with van der Waals surface area (Å²) in [4.78, 5) is 20.3. The van der Waals surface area contributed by atoms with Crippen LogP contribution in [0.25, 0.3) is 5.78 Å². The number of esters is 1.